The van der Waals surface area contributed by atoms with Gasteiger partial charge in [-0.05, 0) is 29.7 Å². The lowest BCUT2D eigenvalue weighted by Crippen LogP contribution is -2.20. The lowest BCUT2D eigenvalue weighted by Gasteiger charge is -2.19. The molecule has 0 aliphatic heterocycles. The van der Waals surface area contributed by atoms with Crippen LogP contribution in [0.25, 0.3) is 0 Å². The zero-order valence-corrected chi connectivity index (χ0v) is 13.2. The number of ether oxygens (including phenoxy) is 2. The number of rotatable bonds is 8. The number of hydrogen-bond donors (Lipinski definition) is 1. The van der Waals surface area contributed by atoms with E-state index in [0.29, 0.717) is 0 Å². The predicted molar refractivity (Wildman–Crippen MR) is 90.4 cm³/mol. The zero-order chi connectivity index (χ0) is 15.8. The summed E-state index contributed by atoms with van der Waals surface area (Å²) in [6, 6.07) is 16.6. The molecule has 22 heavy (non-hydrogen) atoms. The van der Waals surface area contributed by atoms with Gasteiger partial charge in [-0.15, -0.1) is 6.58 Å². The van der Waals surface area contributed by atoms with Crippen molar-refractivity contribution in [3.63, 3.8) is 0 Å². The first-order valence-corrected chi connectivity index (χ1v) is 7.38. The minimum atomic E-state index is 0.192. The lowest BCUT2D eigenvalue weighted by atomic mass is 10.0. The molecule has 3 heteroatoms. The molecule has 0 bridgehead atoms. The summed E-state index contributed by atoms with van der Waals surface area (Å²) in [6.45, 7) is 4.67. The maximum Gasteiger partial charge on any atom is 0.161 e. The van der Waals surface area contributed by atoms with Crippen molar-refractivity contribution in [2.45, 2.75) is 19.0 Å². The number of methoxy groups -OCH3 is 2. The molecule has 0 heterocycles. The summed E-state index contributed by atoms with van der Waals surface area (Å²) < 4.78 is 10.7. The van der Waals surface area contributed by atoms with E-state index in [1.54, 1.807) is 14.2 Å². The van der Waals surface area contributed by atoms with Crippen molar-refractivity contribution in [1.29, 1.82) is 0 Å². The topological polar surface area (TPSA) is 30.5 Å². The van der Waals surface area contributed by atoms with Gasteiger partial charge in [-0.25, -0.2) is 0 Å². The standard InChI is InChI=1S/C19H23NO2/c1-4-8-17(20-14-15-9-6-5-7-10-15)16-11-12-18(21-2)19(13-16)22-3/h4-7,9-13,17,20H,1,8,14H2,2-3H3. The second kappa shape index (κ2) is 8.25. The Bertz CT molecular complexity index is 596. The quantitative estimate of drug-likeness (QED) is 0.744. The average molecular weight is 297 g/mol. The Labute approximate surface area is 132 Å². The van der Waals surface area contributed by atoms with Crippen LogP contribution in [0.2, 0.25) is 0 Å². The maximum atomic E-state index is 5.39. The van der Waals surface area contributed by atoms with Gasteiger partial charge in [0.25, 0.3) is 0 Å². The molecule has 116 valence electrons. The van der Waals surface area contributed by atoms with Gasteiger partial charge < -0.3 is 14.8 Å². The Kier molecular flexibility index (Phi) is 6.04. The highest BCUT2D eigenvalue weighted by molar-refractivity contribution is 5.44. The predicted octanol–water partition coefficient (Wildman–Crippen LogP) is 4.11. The molecule has 0 amide bonds. The summed E-state index contributed by atoms with van der Waals surface area (Å²) in [7, 11) is 3.30. The van der Waals surface area contributed by atoms with E-state index in [-0.39, 0.29) is 6.04 Å². The molecule has 0 fully saturated rings. The first-order valence-electron chi connectivity index (χ1n) is 7.38. The Balaban J connectivity index is 2.14. The van der Waals surface area contributed by atoms with Crippen molar-refractivity contribution in [2.75, 3.05) is 14.2 Å². The third-order valence-electron chi connectivity index (χ3n) is 3.61. The maximum absolute atomic E-state index is 5.39. The summed E-state index contributed by atoms with van der Waals surface area (Å²) in [5, 5.41) is 3.57. The molecule has 0 radical (unpaired) electrons. The third kappa shape index (κ3) is 4.12. The average Bonchev–Trinajstić information content (AvgIpc) is 2.59. The lowest BCUT2D eigenvalue weighted by molar-refractivity contribution is 0.353. The van der Waals surface area contributed by atoms with Crippen LogP contribution in [0, 0.1) is 0 Å². The molecule has 2 aromatic carbocycles. The molecule has 2 rings (SSSR count). The number of nitrogens with one attached hydrogen (secondary N) is 1. The van der Waals surface area contributed by atoms with Gasteiger partial charge in [-0.3, -0.25) is 0 Å². The van der Waals surface area contributed by atoms with E-state index in [2.05, 4.69) is 42.2 Å². The van der Waals surface area contributed by atoms with Crippen molar-refractivity contribution in [3.05, 3.63) is 72.3 Å². The molecule has 1 N–H and O–H groups in total. The van der Waals surface area contributed by atoms with E-state index in [9.17, 15) is 0 Å². The van der Waals surface area contributed by atoms with Crippen molar-refractivity contribution in [1.82, 2.24) is 5.32 Å². The van der Waals surface area contributed by atoms with Gasteiger partial charge in [0, 0.05) is 12.6 Å². The van der Waals surface area contributed by atoms with Crippen LogP contribution in [0.3, 0.4) is 0 Å². The Morgan fingerprint density at radius 3 is 2.41 bits per heavy atom. The summed E-state index contributed by atoms with van der Waals surface area (Å²) in [4.78, 5) is 0. The number of benzene rings is 2. The molecular formula is C19H23NO2. The summed E-state index contributed by atoms with van der Waals surface area (Å²) in [6.07, 6.45) is 2.78. The van der Waals surface area contributed by atoms with Gasteiger partial charge in [0.05, 0.1) is 14.2 Å². The SMILES string of the molecule is C=CCC(NCc1ccccc1)c1ccc(OC)c(OC)c1. The van der Waals surface area contributed by atoms with Crippen molar-refractivity contribution < 1.29 is 9.47 Å². The fraction of sp³-hybridized carbons (Fsp3) is 0.263. The molecule has 0 spiro atoms. The summed E-state index contributed by atoms with van der Waals surface area (Å²) in [5.41, 5.74) is 2.42. The van der Waals surface area contributed by atoms with Crippen LogP contribution in [-0.2, 0) is 6.54 Å². The van der Waals surface area contributed by atoms with Crippen LogP contribution in [0.5, 0.6) is 11.5 Å². The van der Waals surface area contributed by atoms with Gasteiger partial charge in [-0.2, -0.15) is 0 Å². The smallest absolute Gasteiger partial charge is 0.161 e. The Hall–Kier alpha value is -2.26. The van der Waals surface area contributed by atoms with Crippen LogP contribution in [0.15, 0.2) is 61.2 Å². The Morgan fingerprint density at radius 1 is 1.05 bits per heavy atom. The van der Waals surface area contributed by atoms with Crippen molar-refractivity contribution in [2.24, 2.45) is 0 Å². The molecule has 0 aromatic heterocycles. The Morgan fingerprint density at radius 2 is 1.77 bits per heavy atom. The highest BCUT2D eigenvalue weighted by Gasteiger charge is 2.13. The minimum Gasteiger partial charge on any atom is -0.493 e. The van der Waals surface area contributed by atoms with E-state index >= 15 is 0 Å². The minimum absolute atomic E-state index is 0.192. The largest absolute Gasteiger partial charge is 0.493 e. The first-order chi connectivity index (χ1) is 10.8. The fourth-order valence-corrected chi connectivity index (χ4v) is 2.41. The van der Waals surface area contributed by atoms with Crippen LogP contribution < -0.4 is 14.8 Å². The van der Waals surface area contributed by atoms with E-state index in [0.717, 1.165) is 30.0 Å². The second-order valence-electron chi connectivity index (χ2n) is 5.06. The molecule has 1 atom stereocenters. The van der Waals surface area contributed by atoms with E-state index in [1.165, 1.54) is 5.56 Å². The van der Waals surface area contributed by atoms with E-state index < -0.39 is 0 Å². The van der Waals surface area contributed by atoms with Gasteiger partial charge in [0.2, 0.25) is 0 Å². The van der Waals surface area contributed by atoms with Crippen LogP contribution in [0.1, 0.15) is 23.6 Å². The molecule has 1 unspecified atom stereocenters. The van der Waals surface area contributed by atoms with Gasteiger partial charge >= 0.3 is 0 Å². The van der Waals surface area contributed by atoms with E-state index in [1.807, 2.05) is 24.3 Å². The number of hydrogen-bond acceptors (Lipinski definition) is 3. The van der Waals surface area contributed by atoms with Crippen LogP contribution in [-0.4, -0.2) is 14.2 Å². The highest BCUT2D eigenvalue weighted by atomic mass is 16.5. The molecule has 0 aliphatic carbocycles. The molecule has 2 aromatic rings. The summed E-state index contributed by atoms with van der Waals surface area (Å²) in [5.74, 6) is 1.49. The molecule has 3 nitrogen and oxygen atoms in total. The first kappa shape index (κ1) is 16.1. The van der Waals surface area contributed by atoms with Crippen LogP contribution >= 0.6 is 0 Å². The highest BCUT2D eigenvalue weighted by Crippen LogP contribution is 2.31. The monoisotopic (exact) mass is 297 g/mol. The third-order valence-corrected chi connectivity index (χ3v) is 3.61. The van der Waals surface area contributed by atoms with Gasteiger partial charge in [0.15, 0.2) is 11.5 Å². The van der Waals surface area contributed by atoms with Gasteiger partial charge in [-0.1, -0.05) is 42.5 Å². The van der Waals surface area contributed by atoms with Crippen molar-refractivity contribution >= 4 is 0 Å². The second-order valence-corrected chi connectivity index (χ2v) is 5.06. The molecular weight excluding hydrogens is 274 g/mol. The fourth-order valence-electron chi connectivity index (χ4n) is 2.41. The van der Waals surface area contributed by atoms with Crippen LogP contribution in [0.4, 0.5) is 0 Å². The zero-order valence-electron chi connectivity index (χ0n) is 13.2. The molecule has 0 saturated heterocycles. The molecule has 0 aliphatic rings. The summed E-state index contributed by atoms with van der Waals surface area (Å²) >= 11 is 0. The normalized spacial score (nSPS) is 11.7. The van der Waals surface area contributed by atoms with E-state index in [4.69, 9.17) is 9.47 Å². The van der Waals surface area contributed by atoms with Crippen molar-refractivity contribution in [3.8, 4) is 11.5 Å². The van der Waals surface area contributed by atoms with Gasteiger partial charge in [0.1, 0.15) is 0 Å². The molecule has 0 saturated carbocycles.